The zero-order valence-electron chi connectivity index (χ0n) is 8.98. The summed E-state index contributed by atoms with van der Waals surface area (Å²) in [5.41, 5.74) is 1.12. The lowest BCUT2D eigenvalue weighted by Crippen LogP contribution is -1.89. The fourth-order valence-electron chi connectivity index (χ4n) is 0.770. The Bertz CT molecular complexity index is 277. The summed E-state index contributed by atoms with van der Waals surface area (Å²) in [7, 11) is 0. The van der Waals surface area contributed by atoms with E-state index in [0.717, 1.165) is 12.1 Å². The summed E-state index contributed by atoms with van der Waals surface area (Å²) in [6.45, 7) is 3.73. The van der Waals surface area contributed by atoms with Crippen molar-refractivity contribution >= 4 is 21.9 Å². The summed E-state index contributed by atoms with van der Waals surface area (Å²) in [5.74, 6) is -0.745. The predicted octanol–water partition coefficient (Wildman–Crippen LogP) is 3.41. The second-order valence-corrected chi connectivity index (χ2v) is 3.98. The Morgan fingerprint density at radius 1 is 1.53 bits per heavy atom. The molecule has 84 valence electrons. The van der Waals surface area contributed by atoms with Gasteiger partial charge in [-0.3, -0.25) is 9.78 Å². The zero-order valence-corrected chi connectivity index (χ0v) is 10.6. The third-order valence-electron chi connectivity index (χ3n) is 1.67. The third kappa shape index (κ3) is 7.08. The Morgan fingerprint density at radius 3 is 2.47 bits per heavy atom. The van der Waals surface area contributed by atoms with Gasteiger partial charge >= 0.3 is 5.97 Å². The molecular weight excluding hydrogens is 258 g/mol. The minimum absolute atomic E-state index is 0.222. The molecule has 0 spiro atoms. The minimum atomic E-state index is -0.745. The number of carboxylic acid groups (broad SMARTS) is 1. The quantitative estimate of drug-likeness (QED) is 0.859. The highest BCUT2D eigenvalue weighted by Gasteiger charge is 2.02. The summed E-state index contributed by atoms with van der Waals surface area (Å²) in [6.07, 6.45) is 3.12. The van der Waals surface area contributed by atoms with Crippen LogP contribution in [0, 0.1) is 0 Å². The number of pyridine rings is 1. The van der Waals surface area contributed by atoms with Crippen molar-refractivity contribution in [2.24, 2.45) is 0 Å². The Hall–Kier alpha value is -0.900. The van der Waals surface area contributed by atoms with Gasteiger partial charge in [0.05, 0.1) is 10.5 Å². The molecule has 1 heterocycles. The number of carbonyl (C=O) groups is 1. The lowest BCUT2D eigenvalue weighted by molar-refractivity contribution is -0.136. The van der Waals surface area contributed by atoms with Gasteiger partial charge in [0, 0.05) is 12.6 Å². The van der Waals surface area contributed by atoms with Crippen LogP contribution in [0.15, 0.2) is 24.4 Å². The van der Waals surface area contributed by atoms with E-state index in [0.29, 0.717) is 4.83 Å². The average Bonchev–Trinajstić information content (AvgIpc) is 2.30. The minimum Gasteiger partial charge on any atom is -0.481 e. The molecule has 0 saturated heterocycles. The van der Waals surface area contributed by atoms with E-state index in [4.69, 9.17) is 5.11 Å². The van der Waals surface area contributed by atoms with E-state index < -0.39 is 5.97 Å². The lowest BCUT2D eigenvalue weighted by atomic mass is 10.2. The molecule has 0 fully saturated rings. The second-order valence-electron chi connectivity index (χ2n) is 2.88. The van der Waals surface area contributed by atoms with Gasteiger partial charge in [-0.25, -0.2) is 0 Å². The molecule has 3 nitrogen and oxygen atoms in total. The smallest absolute Gasteiger partial charge is 0.303 e. The Kier molecular flexibility index (Phi) is 7.91. The molecule has 0 aliphatic heterocycles. The Balaban J connectivity index is 0.000000336. The van der Waals surface area contributed by atoms with Crippen molar-refractivity contribution in [3.05, 3.63) is 30.1 Å². The molecule has 0 aromatic carbocycles. The SMILES string of the molecule is CCC(=O)O.CCC(Br)c1ccccn1. The van der Waals surface area contributed by atoms with Crippen molar-refractivity contribution in [1.29, 1.82) is 0 Å². The Morgan fingerprint density at radius 2 is 2.13 bits per heavy atom. The molecule has 1 unspecified atom stereocenters. The van der Waals surface area contributed by atoms with Crippen molar-refractivity contribution in [3.63, 3.8) is 0 Å². The number of alkyl halides is 1. The first-order valence-electron chi connectivity index (χ1n) is 4.88. The van der Waals surface area contributed by atoms with Crippen molar-refractivity contribution < 1.29 is 9.90 Å². The maximum atomic E-state index is 9.37. The molecule has 0 amide bonds. The maximum absolute atomic E-state index is 9.37. The molecule has 15 heavy (non-hydrogen) atoms. The molecule has 0 aliphatic rings. The highest BCUT2D eigenvalue weighted by Crippen LogP contribution is 2.22. The van der Waals surface area contributed by atoms with E-state index >= 15 is 0 Å². The van der Waals surface area contributed by atoms with Gasteiger partial charge in [-0.05, 0) is 18.6 Å². The Labute approximate surface area is 98.7 Å². The number of halogens is 1. The predicted molar refractivity (Wildman–Crippen MR) is 64.1 cm³/mol. The van der Waals surface area contributed by atoms with Gasteiger partial charge in [0.2, 0.25) is 0 Å². The summed E-state index contributed by atoms with van der Waals surface area (Å²) in [5, 5.41) is 7.72. The molecule has 1 atom stereocenters. The van der Waals surface area contributed by atoms with Crippen LogP contribution < -0.4 is 0 Å². The molecule has 0 bridgehead atoms. The molecule has 1 rings (SSSR count). The maximum Gasteiger partial charge on any atom is 0.303 e. The van der Waals surface area contributed by atoms with Crippen LogP contribution in [-0.2, 0) is 4.79 Å². The molecule has 4 heteroatoms. The molecule has 0 radical (unpaired) electrons. The highest BCUT2D eigenvalue weighted by molar-refractivity contribution is 9.09. The van der Waals surface area contributed by atoms with Gasteiger partial charge in [-0.15, -0.1) is 0 Å². The van der Waals surface area contributed by atoms with E-state index in [2.05, 4.69) is 27.8 Å². The standard InChI is InChI=1S/C8H10BrN.C3H6O2/c1-2-7(9)8-5-3-4-6-10-8;1-2-3(4)5/h3-7H,2H2,1H3;2H2,1H3,(H,4,5). The van der Waals surface area contributed by atoms with Crippen LogP contribution in [0.5, 0.6) is 0 Å². The van der Waals surface area contributed by atoms with Gasteiger partial charge in [-0.1, -0.05) is 35.8 Å². The number of hydrogen-bond donors (Lipinski definition) is 1. The summed E-state index contributed by atoms with van der Waals surface area (Å²) >= 11 is 3.52. The van der Waals surface area contributed by atoms with Crippen molar-refractivity contribution in [1.82, 2.24) is 4.98 Å². The normalized spacial score (nSPS) is 11.1. The van der Waals surface area contributed by atoms with Gasteiger partial charge in [0.25, 0.3) is 0 Å². The first-order chi connectivity index (χ1) is 7.11. The van der Waals surface area contributed by atoms with Gasteiger partial charge < -0.3 is 5.11 Å². The number of aliphatic carboxylic acids is 1. The van der Waals surface area contributed by atoms with E-state index in [1.165, 1.54) is 0 Å². The first-order valence-corrected chi connectivity index (χ1v) is 5.80. The van der Waals surface area contributed by atoms with Gasteiger partial charge in [-0.2, -0.15) is 0 Å². The molecule has 1 N–H and O–H groups in total. The molecule has 0 saturated carbocycles. The number of hydrogen-bond acceptors (Lipinski definition) is 2. The molecule has 0 aliphatic carbocycles. The van der Waals surface area contributed by atoms with Crippen molar-refractivity contribution in [3.8, 4) is 0 Å². The lowest BCUT2D eigenvalue weighted by Gasteiger charge is -2.03. The number of nitrogens with zero attached hydrogens (tertiary/aromatic N) is 1. The van der Waals surface area contributed by atoms with Gasteiger partial charge in [0.15, 0.2) is 0 Å². The third-order valence-corrected chi connectivity index (χ3v) is 2.79. The van der Waals surface area contributed by atoms with Crippen LogP contribution in [-0.4, -0.2) is 16.1 Å². The fourth-order valence-corrected chi connectivity index (χ4v) is 1.04. The summed E-state index contributed by atoms with van der Waals surface area (Å²) in [4.78, 5) is 14.0. The van der Waals surface area contributed by atoms with Crippen LogP contribution in [0.3, 0.4) is 0 Å². The van der Waals surface area contributed by atoms with E-state index in [1.807, 2.05) is 24.4 Å². The highest BCUT2D eigenvalue weighted by atomic mass is 79.9. The van der Waals surface area contributed by atoms with Crippen LogP contribution in [0.4, 0.5) is 0 Å². The molecule has 1 aromatic heterocycles. The number of aromatic nitrogens is 1. The first kappa shape index (κ1) is 14.1. The van der Waals surface area contributed by atoms with Crippen LogP contribution in [0.2, 0.25) is 0 Å². The molecular formula is C11H16BrNO2. The zero-order chi connectivity index (χ0) is 11.7. The van der Waals surface area contributed by atoms with Crippen LogP contribution in [0.1, 0.15) is 37.2 Å². The van der Waals surface area contributed by atoms with E-state index in [9.17, 15) is 4.79 Å². The fraction of sp³-hybridized carbons (Fsp3) is 0.455. The van der Waals surface area contributed by atoms with Gasteiger partial charge in [0.1, 0.15) is 0 Å². The molecule has 1 aromatic rings. The van der Waals surface area contributed by atoms with E-state index in [-0.39, 0.29) is 6.42 Å². The average molecular weight is 274 g/mol. The monoisotopic (exact) mass is 273 g/mol. The largest absolute Gasteiger partial charge is 0.481 e. The van der Waals surface area contributed by atoms with Crippen molar-refractivity contribution in [2.75, 3.05) is 0 Å². The topological polar surface area (TPSA) is 50.2 Å². The summed E-state index contributed by atoms with van der Waals surface area (Å²) < 4.78 is 0. The summed E-state index contributed by atoms with van der Waals surface area (Å²) in [6, 6.07) is 5.97. The van der Waals surface area contributed by atoms with Crippen molar-refractivity contribution in [2.45, 2.75) is 31.5 Å². The van der Waals surface area contributed by atoms with E-state index in [1.54, 1.807) is 6.92 Å². The second kappa shape index (κ2) is 8.41. The number of carboxylic acids is 1. The van der Waals surface area contributed by atoms with Crippen LogP contribution >= 0.6 is 15.9 Å². The number of rotatable bonds is 3. The van der Waals surface area contributed by atoms with Crippen LogP contribution in [0.25, 0.3) is 0 Å².